The van der Waals surface area contributed by atoms with Gasteiger partial charge in [0.25, 0.3) is 0 Å². The first-order valence-electron chi connectivity index (χ1n) is 7.56. The highest BCUT2D eigenvalue weighted by Gasteiger charge is 2.52. The van der Waals surface area contributed by atoms with E-state index in [1.54, 1.807) is 6.92 Å². The second kappa shape index (κ2) is 7.13. The molecule has 0 atom stereocenters. The number of thioether (sulfide) groups is 1. The molecule has 6 heteroatoms. The van der Waals surface area contributed by atoms with Crippen molar-refractivity contribution < 1.29 is 14.1 Å². The Morgan fingerprint density at radius 1 is 1.17 bits per heavy atom. The van der Waals surface area contributed by atoms with E-state index < -0.39 is 18.3 Å². The average molecular weight is 397 g/mol. The molecule has 0 bridgehead atoms. The lowest BCUT2D eigenvalue weighted by molar-refractivity contribution is -0.109. The highest BCUT2D eigenvalue weighted by atomic mass is 79.9. The zero-order valence-electron chi connectivity index (χ0n) is 14.2. The number of carbonyl (C=O) groups is 1. The molecule has 2 rings (SSSR count). The van der Waals surface area contributed by atoms with Crippen LogP contribution in [-0.4, -0.2) is 29.2 Å². The van der Waals surface area contributed by atoms with Crippen LogP contribution in [0.1, 0.15) is 40.2 Å². The normalized spacial score (nSPS) is 19.9. The second-order valence-corrected chi connectivity index (χ2v) is 8.71. The largest absolute Gasteiger partial charge is 0.491 e. The molecule has 124 valence electrons. The third-order valence-corrected chi connectivity index (χ3v) is 5.63. The summed E-state index contributed by atoms with van der Waals surface area (Å²) >= 11 is 4.71. The van der Waals surface area contributed by atoms with E-state index in [9.17, 15) is 4.79 Å². The molecule has 0 aliphatic carbocycles. The van der Waals surface area contributed by atoms with E-state index in [2.05, 4.69) is 15.9 Å². The Morgan fingerprint density at radius 3 is 2.17 bits per heavy atom. The maximum atomic E-state index is 11.4. The van der Waals surface area contributed by atoms with Gasteiger partial charge in [-0.15, -0.1) is 0 Å². The molecule has 1 saturated heterocycles. The Hall–Kier alpha value is -0.555. The van der Waals surface area contributed by atoms with E-state index in [4.69, 9.17) is 9.31 Å². The highest BCUT2D eigenvalue weighted by Crippen LogP contribution is 2.39. The number of halogens is 1. The Labute approximate surface area is 151 Å². The smallest absolute Gasteiger partial charge is 0.400 e. The fourth-order valence-electron chi connectivity index (χ4n) is 2.13. The number of hydrogen-bond donors (Lipinski definition) is 0. The minimum atomic E-state index is -0.435. The monoisotopic (exact) mass is 396 g/mol. The van der Waals surface area contributed by atoms with Crippen molar-refractivity contribution in [3.63, 3.8) is 0 Å². The zero-order chi connectivity index (χ0) is 17.3. The van der Waals surface area contributed by atoms with Crippen molar-refractivity contribution in [2.45, 2.75) is 45.8 Å². The molecule has 1 fully saturated rings. The fourth-order valence-corrected chi connectivity index (χ4v) is 2.98. The van der Waals surface area contributed by atoms with Crippen LogP contribution in [0.4, 0.5) is 0 Å². The average Bonchev–Trinajstić information content (AvgIpc) is 2.65. The number of benzene rings is 1. The molecule has 0 radical (unpaired) electrons. The van der Waals surface area contributed by atoms with Crippen molar-refractivity contribution in [1.82, 2.24) is 0 Å². The minimum Gasteiger partial charge on any atom is -0.400 e. The van der Waals surface area contributed by atoms with Gasteiger partial charge in [-0.2, -0.15) is 0 Å². The van der Waals surface area contributed by atoms with Gasteiger partial charge in [-0.1, -0.05) is 45.9 Å². The van der Waals surface area contributed by atoms with Crippen LogP contribution in [0.25, 0.3) is 6.08 Å². The molecular formula is C17H22BBrO3S. The molecule has 0 aromatic heterocycles. The molecule has 1 aromatic carbocycles. The summed E-state index contributed by atoms with van der Waals surface area (Å²) in [7, 11) is -0.435. The van der Waals surface area contributed by atoms with Gasteiger partial charge in [0.2, 0.25) is 0 Å². The topological polar surface area (TPSA) is 35.5 Å². The van der Waals surface area contributed by atoms with Crippen LogP contribution in [0.15, 0.2) is 34.2 Å². The second-order valence-electron chi connectivity index (χ2n) is 6.64. The Balaban J connectivity index is 2.28. The van der Waals surface area contributed by atoms with Crippen LogP contribution < -0.4 is 0 Å². The lowest BCUT2D eigenvalue weighted by Crippen LogP contribution is -2.41. The summed E-state index contributed by atoms with van der Waals surface area (Å²) in [4.78, 5) is 11.4. The molecule has 23 heavy (non-hydrogen) atoms. The maximum absolute atomic E-state index is 11.4. The number of rotatable bonds is 4. The van der Waals surface area contributed by atoms with E-state index in [1.807, 2.05) is 58.0 Å². The quantitative estimate of drug-likeness (QED) is 0.688. The first-order chi connectivity index (χ1) is 10.6. The summed E-state index contributed by atoms with van der Waals surface area (Å²) in [6.45, 7) is 9.70. The highest BCUT2D eigenvalue weighted by molar-refractivity contribution is 9.10. The molecule has 0 saturated carbocycles. The van der Waals surface area contributed by atoms with Crippen molar-refractivity contribution in [1.29, 1.82) is 0 Å². The van der Waals surface area contributed by atoms with Crippen molar-refractivity contribution >= 4 is 46.0 Å². The van der Waals surface area contributed by atoms with Crippen LogP contribution in [-0.2, 0) is 14.1 Å². The lowest BCUT2D eigenvalue weighted by atomic mass is 9.78. The predicted octanol–water partition coefficient (Wildman–Crippen LogP) is 4.74. The van der Waals surface area contributed by atoms with Gasteiger partial charge in [-0.05, 0) is 50.9 Å². The molecule has 3 nitrogen and oxygen atoms in total. The fraction of sp³-hybridized carbons (Fsp3) is 0.471. The third kappa shape index (κ3) is 4.72. The van der Waals surface area contributed by atoms with Gasteiger partial charge >= 0.3 is 7.12 Å². The van der Waals surface area contributed by atoms with Crippen molar-refractivity contribution in [2.75, 3.05) is 5.75 Å². The zero-order valence-corrected chi connectivity index (χ0v) is 16.6. The van der Waals surface area contributed by atoms with Crippen molar-refractivity contribution in [2.24, 2.45) is 0 Å². The van der Waals surface area contributed by atoms with Gasteiger partial charge in [-0.3, -0.25) is 4.79 Å². The first kappa shape index (κ1) is 18.8. The summed E-state index contributed by atoms with van der Waals surface area (Å²) in [6, 6.07) is 8.03. The van der Waals surface area contributed by atoms with E-state index in [0.29, 0.717) is 5.75 Å². The van der Waals surface area contributed by atoms with Crippen LogP contribution >= 0.6 is 27.7 Å². The van der Waals surface area contributed by atoms with E-state index in [-0.39, 0.29) is 5.12 Å². The molecule has 1 aromatic rings. The van der Waals surface area contributed by atoms with Crippen molar-refractivity contribution in [3.05, 3.63) is 39.8 Å². The standard InChI is InChI=1S/C17H22BBrO3S/c1-12(20)23-11-14(10-13-6-8-15(19)9-7-13)18-21-16(2,3)17(4,5)22-18/h6-10H,11H2,1-5H3. The summed E-state index contributed by atoms with van der Waals surface area (Å²) in [5, 5.41) is 0.0863. The SMILES string of the molecule is CC(=O)SCC(=Cc1ccc(Br)cc1)B1OC(C)(C)C(C)(C)O1. The molecule has 0 spiro atoms. The van der Waals surface area contributed by atoms with Crippen LogP contribution in [0.2, 0.25) is 0 Å². The molecule has 1 aliphatic rings. The van der Waals surface area contributed by atoms with Gasteiger partial charge in [0, 0.05) is 17.1 Å². The van der Waals surface area contributed by atoms with Crippen LogP contribution in [0.5, 0.6) is 0 Å². The molecule has 1 heterocycles. The summed E-state index contributed by atoms with van der Waals surface area (Å²) in [5.41, 5.74) is 1.24. The summed E-state index contributed by atoms with van der Waals surface area (Å²) in [6.07, 6.45) is 2.05. The van der Waals surface area contributed by atoms with Crippen LogP contribution in [0, 0.1) is 0 Å². The maximum Gasteiger partial charge on any atom is 0.491 e. The summed E-state index contributed by atoms with van der Waals surface area (Å²) < 4.78 is 13.3. The molecule has 0 amide bonds. The Kier molecular flexibility index (Phi) is 5.83. The molecular weight excluding hydrogens is 375 g/mol. The van der Waals surface area contributed by atoms with Gasteiger partial charge in [0.15, 0.2) is 5.12 Å². The van der Waals surface area contributed by atoms with Crippen molar-refractivity contribution in [3.8, 4) is 0 Å². The Bertz CT molecular complexity index is 595. The van der Waals surface area contributed by atoms with Gasteiger partial charge in [0.1, 0.15) is 0 Å². The first-order valence-corrected chi connectivity index (χ1v) is 9.34. The molecule has 0 unspecified atom stereocenters. The van der Waals surface area contributed by atoms with Crippen LogP contribution in [0.3, 0.4) is 0 Å². The summed E-state index contributed by atoms with van der Waals surface area (Å²) in [5.74, 6) is 0.558. The lowest BCUT2D eigenvalue weighted by Gasteiger charge is -2.32. The minimum absolute atomic E-state index is 0.0863. The van der Waals surface area contributed by atoms with E-state index >= 15 is 0 Å². The number of carbonyl (C=O) groups excluding carboxylic acids is 1. The van der Waals surface area contributed by atoms with Gasteiger partial charge in [0.05, 0.1) is 11.2 Å². The molecule has 1 aliphatic heterocycles. The van der Waals surface area contributed by atoms with Gasteiger partial charge < -0.3 is 9.31 Å². The third-order valence-electron chi connectivity index (χ3n) is 4.22. The van der Waals surface area contributed by atoms with E-state index in [0.717, 1.165) is 15.5 Å². The molecule has 0 N–H and O–H groups in total. The number of hydrogen-bond acceptors (Lipinski definition) is 4. The predicted molar refractivity (Wildman–Crippen MR) is 101 cm³/mol. The Morgan fingerprint density at radius 2 is 1.70 bits per heavy atom. The van der Waals surface area contributed by atoms with Gasteiger partial charge in [-0.25, -0.2) is 0 Å². The van der Waals surface area contributed by atoms with E-state index in [1.165, 1.54) is 11.8 Å².